The zero-order valence-electron chi connectivity index (χ0n) is 13.2. The summed E-state index contributed by atoms with van der Waals surface area (Å²) < 4.78 is 25.2. The van der Waals surface area contributed by atoms with Gasteiger partial charge in [0.2, 0.25) is 5.91 Å². The molecule has 128 valence electrons. The number of benzene rings is 1. The van der Waals surface area contributed by atoms with E-state index in [1.807, 2.05) is 0 Å². The molecule has 4 nitrogen and oxygen atoms in total. The molecule has 0 saturated heterocycles. The maximum Gasteiger partial charge on any atom is 0.247 e. The van der Waals surface area contributed by atoms with Gasteiger partial charge in [-0.25, -0.2) is 4.39 Å². The van der Waals surface area contributed by atoms with E-state index in [0.29, 0.717) is 17.1 Å². The Morgan fingerprint density at radius 3 is 2.28 bits per heavy atom. The minimum Gasteiger partial charge on any atom is -0.467 e. The Morgan fingerprint density at radius 2 is 1.72 bits per heavy atom. The zero-order chi connectivity index (χ0) is 17.6. The van der Waals surface area contributed by atoms with Crippen molar-refractivity contribution in [2.24, 2.45) is 0 Å². The fraction of sp³-hybridized carbons (Fsp3) is 0.105. The van der Waals surface area contributed by atoms with Crippen LogP contribution in [0.3, 0.4) is 0 Å². The summed E-state index contributed by atoms with van der Waals surface area (Å²) in [6, 6.07) is 11.7. The number of hydrogen-bond acceptors (Lipinski definition) is 3. The Balaban J connectivity index is 1.78. The van der Waals surface area contributed by atoms with Crippen LogP contribution < -0.4 is 0 Å². The van der Waals surface area contributed by atoms with Gasteiger partial charge in [0.15, 0.2) is 0 Å². The second-order valence-corrected chi connectivity index (χ2v) is 6.27. The van der Waals surface area contributed by atoms with Gasteiger partial charge in [-0.2, -0.15) is 0 Å². The fourth-order valence-electron chi connectivity index (χ4n) is 2.30. The molecule has 0 unspecified atom stereocenters. The third kappa shape index (κ3) is 4.70. The molecular weight excluding hydrogens is 389 g/mol. The Hall–Kier alpha value is -2.60. The smallest absolute Gasteiger partial charge is 0.247 e. The van der Waals surface area contributed by atoms with Gasteiger partial charge in [-0.05, 0) is 48.5 Å². The van der Waals surface area contributed by atoms with Gasteiger partial charge in [0, 0.05) is 16.1 Å². The van der Waals surface area contributed by atoms with Crippen molar-refractivity contribution >= 4 is 27.9 Å². The third-order valence-corrected chi connectivity index (χ3v) is 4.02. The number of halogens is 2. The van der Waals surface area contributed by atoms with Crippen LogP contribution in [0, 0.1) is 5.82 Å². The Bertz CT molecular complexity index is 821. The van der Waals surface area contributed by atoms with Gasteiger partial charge in [-0.3, -0.25) is 4.79 Å². The molecule has 6 heteroatoms. The van der Waals surface area contributed by atoms with Gasteiger partial charge < -0.3 is 13.7 Å². The number of furan rings is 2. The minimum atomic E-state index is -0.393. The van der Waals surface area contributed by atoms with E-state index in [1.54, 1.807) is 53.8 Å². The summed E-state index contributed by atoms with van der Waals surface area (Å²) in [5, 5.41) is 0. The molecular formula is C19H15BrFNO3. The molecule has 0 atom stereocenters. The summed E-state index contributed by atoms with van der Waals surface area (Å²) >= 11 is 3.29. The lowest BCUT2D eigenvalue weighted by Gasteiger charge is -2.18. The average Bonchev–Trinajstić information content (AvgIpc) is 3.28. The van der Waals surface area contributed by atoms with Crippen molar-refractivity contribution in [3.8, 4) is 0 Å². The first kappa shape index (κ1) is 17.2. The van der Waals surface area contributed by atoms with Crippen molar-refractivity contribution < 1.29 is 18.0 Å². The molecule has 0 aliphatic rings. The molecule has 0 bridgehead atoms. The van der Waals surface area contributed by atoms with Crippen molar-refractivity contribution in [1.82, 2.24) is 4.90 Å². The number of carbonyl (C=O) groups excluding carboxylic acids is 1. The molecule has 0 spiro atoms. The maximum atomic E-state index is 13.8. The van der Waals surface area contributed by atoms with Crippen molar-refractivity contribution in [1.29, 1.82) is 0 Å². The molecule has 2 heterocycles. The van der Waals surface area contributed by atoms with E-state index in [-0.39, 0.29) is 19.0 Å². The van der Waals surface area contributed by atoms with Crippen molar-refractivity contribution in [3.63, 3.8) is 0 Å². The molecule has 1 aromatic carbocycles. The highest BCUT2D eigenvalue weighted by Gasteiger charge is 2.15. The summed E-state index contributed by atoms with van der Waals surface area (Å²) in [7, 11) is 0. The SMILES string of the molecule is O=C(/C=C/c1cc(Br)ccc1F)N(Cc1ccco1)Cc1ccco1. The first-order chi connectivity index (χ1) is 12.1. The van der Waals surface area contributed by atoms with Crippen LogP contribution in [0.15, 0.2) is 74.4 Å². The lowest BCUT2D eigenvalue weighted by molar-refractivity contribution is -0.127. The van der Waals surface area contributed by atoms with E-state index >= 15 is 0 Å². The standard InChI is InChI=1S/C19H15BrFNO3/c20-15-6-7-18(21)14(11-15)5-8-19(23)22(12-16-3-1-9-24-16)13-17-4-2-10-25-17/h1-11H,12-13H2/b8-5+. The van der Waals surface area contributed by atoms with E-state index in [1.165, 1.54) is 18.2 Å². The highest BCUT2D eigenvalue weighted by Crippen LogP contribution is 2.17. The van der Waals surface area contributed by atoms with Crippen LogP contribution in [0.4, 0.5) is 4.39 Å². The first-order valence-electron chi connectivity index (χ1n) is 7.58. The number of hydrogen-bond donors (Lipinski definition) is 0. The van der Waals surface area contributed by atoms with Crippen LogP contribution in [-0.2, 0) is 17.9 Å². The topological polar surface area (TPSA) is 46.6 Å². The van der Waals surface area contributed by atoms with Crippen molar-refractivity contribution in [3.05, 3.63) is 88.4 Å². The number of amides is 1. The fourth-order valence-corrected chi connectivity index (χ4v) is 2.68. The van der Waals surface area contributed by atoms with Gasteiger partial charge in [0.1, 0.15) is 17.3 Å². The molecule has 0 saturated carbocycles. The van der Waals surface area contributed by atoms with Crippen molar-refractivity contribution in [2.45, 2.75) is 13.1 Å². The summed E-state index contributed by atoms with van der Waals surface area (Å²) in [5.74, 6) is 0.645. The molecule has 3 aromatic rings. The monoisotopic (exact) mass is 403 g/mol. The van der Waals surface area contributed by atoms with E-state index in [0.717, 1.165) is 4.47 Å². The van der Waals surface area contributed by atoms with Gasteiger partial charge in [-0.15, -0.1) is 0 Å². The molecule has 1 amide bonds. The molecule has 2 aromatic heterocycles. The first-order valence-corrected chi connectivity index (χ1v) is 8.38. The summed E-state index contributed by atoms with van der Waals surface area (Å²) in [6.07, 6.45) is 5.91. The highest BCUT2D eigenvalue weighted by molar-refractivity contribution is 9.10. The van der Waals surface area contributed by atoms with Gasteiger partial charge in [0.05, 0.1) is 25.6 Å². The molecule has 3 rings (SSSR count). The Kier molecular flexibility index (Phi) is 5.50. The maximum absolute atomic E-state index is 13.8. The molecule has 0 radical (unpaired) electrons. The predicted molar refractivity (Wildman–Crippen MR) is 94.8 cm³/mol. The quantitative estimate of drug-likeness (QED) is 0.543. The van der Waals surface area contributed by atoms with Gasteiger partial charge in [-0.1, -0.05) is 15.9 Å². The predicted octanol–water partition coefficient (Wildman–Crippen LogP) is 5.02. The molecule has 0 N–H and O–H groups in total. The third-order valence-electron chi connectivity index (χ3n) is 3.53. The van der Waals surface area contributed by atoms with Crippen LogP contribution in [0.5, 0.6) is 0 Å². The largest absolute Gasteiger partial charge is 0.467 e. The summed E-state index contributed by atoms with van der Waals surface area (Å²) in [5.41, 5.74) is 0.332. The van der Waals surface area contributed by atoms with Gasteiger partial charge >= 0.3 is 0 Å². The van der Waals surface area contributed by atoms with Crippen LogP contribution in [0.2, 0.25) is 0 Å². The molecule has 0 aliphatic carbocycles. The molecule has 25 heavy (non-hydrogen) atoms. The van der Waals surface area contributed by atoms with E-state index < -0.39 is 5.82 Å². The second-order valence-electron chi connectivity index (χ2n) is 5.35. The van der Waals surface area contributed by atoms with Crippen molar-refractivity contribution in [2.75, 3.05) is 0 Å². The highest BCUT2D eigenvalue weighted by atomic mass is 79.9. The molecule has 0 aliphatic heterocycles. The van der Waals surface area contributed by atoms with E-state index in [4.69, 9.17) is 8.83 Å². The van der Waals surface area contributed by atoms with Crippen LogP contribution >= 0.6 is 15.9 Å². The minimum absolute atomic E-state index is 0.271. The number of carbonyl (C=O) groups is 1. The lowest BCUT2D eigenvalue weighted by Crippen LogP contribution is -2.28. The number of rotatable bonds is 6. The number of nitrogens with zero attached hydrogens (tertiary/aromatic N) is 1. The van der Waals surface area contributed by atoms with Crippen LogP contribution in [0.25, 0.3) is 6.08 Å². The van der Waals surface area contributed by atoms with Gasteiger partial charge in [0.25, 0.3) is 0 Å². The molecule has 0 fully saturated rings. The summed E-state index contributed by atoms with van der Waals surface area (Å²) in [4.78, 5) is 14.1. The zero-order valence-corrected chi connectivity index (χ0v) is 14.8. The Labute approximate surface area is 152 Å². The van der Waals surface area contributed by atoms with E-state index in [9.17, 15) is 9.18 Å². The Morgan fingerprint density at radius 1 is 1.08 bits per heavy atom. The lowest BCUT2D eigenvalue weighted by atomic mass is 10.2. The normalized spacial score (nSPS) is 11.1. The van der Waals surface area contributed by atoms with Crippen LogP contribution in [-0.4, -0.2) is 10.8 Å². The summed E-state index contributed by atoms with van der Waals surface area (Å²) in [6.45, 7) is 0.579. The average molecular weight is 404 g/mol. The van der Waals surface area contributed by atoms with E-state index in [2.05, 4.69) is 15.9 Å². The second kappa shape index (κ2) is 7.98. The van der Waals surface area contributed by atoms with Crippen LogP contribution in [0.1, 0.15) is 17.1 Å².